The van der Waals surface area contributed by atoms with Crippen LogP contribution in [0.5, 0.6) is 0 Å². The number of nitrogens with zero attached hydrogens (tertiary/aromatic N) is 1. The van der Waals surface area contributed by atoms with E-state index in [1.807, 2.05) is 43.3 Å². The van der Waals surface area contributed by atoms with Crippen LogP contribution in [-0.2, 0) is 12.0 Å². The third-order valence-corrected chi connectivity index (χ3v) is 3.77. The summed E-state index contributed by atoms with van der Waals surface area (Å²) in [5.74, 6) is -0.220. The molecule has 1 atom stereocenters. The van der Waals surface area contributed by atoms with Gasteiger partial charge in [-0.3, -0.25) is 4.98 Å². The molecule has 1 heterocycles. The van der Waals surface area contributed by atoms with Crippen LogP contribution in [0.15, 0.2) is 60.8 Å². The van der Waals surface area contributed by atoms with Crippen molar-refractivity contribution in [2.75, 3.05) is 0 Å². The molecular formula is C18H17FN2. The standard InChI is InChI=1S/C18H17FN2/c1-18(20,11-14-7-2-4-8-16(14)19)15-10-13-6-3-5-9-17(13)21-12-15/h2-10,12H,11,20H2,1H3. The third kappa shape index (κ3) is 2.78. The van der Waals surface area contributed by atoms with Gasteiger partial charge in [0, 0.05) is 17.1 Å². The molecule has 1 aromatic heterocycles. The van der Waals surface area contributed by atoms with Gasteiger partial charge < -0.3 is 5.73 Å². The number of hydrogen-bond acceptors (Lipinski definition) is 2. The van der Waals surface area contributed by atoms with Crippen molar-refractivity contribution in [1.82, 2.24) is 4.98 Å². The van der Waals surface area contributed by atoms with Crippen LogP contribution in [0, 0.1) is 5.82 Å². The van der Waals surface area contributed by atoms with Crippen molar-refractivity contribution in [2.24, 2.45) is 5.73 Å². The Morgan fingerprint density at radius 3 is 2.62 bits per heavy atom. The molecule has 106 valence electrons. The Morgan fingerprint density at radius 1 is 1.10 bits per heavy atom. The second-order valence-corrected chi connectivity index (χ2v) is 5.60. The predicted molar refractivity (Wildman–Crippen MR) is 83.4 cm³/mol. The van der Waals surface area contributed by atoms with Gasteiger partial charge in [-0.15, -0.1) is 0 Å². The number of para-hydroxylation sites is 1. The first kappa shape index (κ1) is 13.7. The molecule has 1 unspecified atom stereocenters. The first-order valence-electron chi connectivity index (χ1n) is 6.94. The maximum absolute atomic E-state index is 13.8. The molecule has 0 radical (unpaired) electrons. The van der Waals surface area contributed by atoms with Crippen LogP contribution in [0.2, 0.25) is 0 Å². The van der Waals surface area contributed by atoms with E-state index in [9.17, 15) is 4.39 Å². The molecule has 0 aliphatic rings. The maximum atomic E-state index is 13.8. The Kier molecular flexibility index (Phi) is 3.43. The molecule has 2 N–H and O–H groups in total. The summed E-state index contributed by atoms with van der Waals surface area (Å²) in [5.41, 5.74) is 8.22. The monoisotopic (exact) mass is 280 g/mol. The Morgan fingerprint density at radius 2 is 1.81 bits per heavy atom. The summed E-state index contributed by atoms with van der Waals surface area (Å²) in [6, 6.07) is 16.7. The van der Waals surface area contributed by atoms with Gasteiger partial charge in [-0.2, -0.15) is 0 Å². The molecule has 3 aromatic rings. The van der Waals surface area contributed by atoms with Crippen molar-refractivity contribution in [3.63, 3.8) is 0 Å². The Balaban J connectivity index is 1.97. The molecule has 2 nitrogen and oxygen atoms in total. The molecule has 3 rings (SSSR count). The number of pyridine rings is 1. The van der Waals surface area contributed by atoms with Crippen LogP contribution in [0.25, 0.3) is 10.9 Å². The average Bonchev–Trinajstić information content (AvgIpc) is 2.49. The largest absolute Gasteiger partial charge is 0.321 e. The molecule has 0 saturated heterocycles. The molecule has 0 saturated carbocycles. The lowest BCUT2D eigenvalue weighted by Crippen LogP contribution is -2.35. The summed E-state index contributed by atoms with van der Waals surface area (Å²) in [4.78, 5) is 4.44. The second kappa shape index (κ2) is 5.26. The molecule has 0 bridgehead atoms. The summed E-state index contributed by atoms with van der Waals surface area (Å²) >= 11 is 0. The van der Waals surface area contributed by atoms with E-state index in [-0.39, 0.29) is 5.82 Å². The average molecular weight is 280 g/mol. The SMILES string of the molecule is CC(N)(Cc1ccccc1F)c1cnc2ccccc2c1. The number of nitrogens with two attached hydrogens (primary N) is 1. The lowest BCUT2D eigenvalue weighted by molar-refractivity contribution is 0.474. The summed E-state index contributed by atoms with van der Waals surface area (Å²) in [6.45, 7) is 1.91. The van der Waals surface area contributed by atoms with Gasteiger partial charge in [-0.1, -0.05) is 36.4 Å². The van der Waals surface area contributed by atoms with Crippen LogP contribution in [-0.4, -0.2) is 4.98 Å². The molecule has 3 heteroatoms. The zero-order valence-electron chi connectivity index (χ0n) is 11.9. The van der Waals surface area contributed by atoms with Crippen LogP contribution < -0.4 is 5.73 Å². The highest BCUT2D eigenvalue weighted by Crippen LogP contribution is 2.25. The zero-order valence-corrected chi connectivity index (χ0v) is 11.9. The van der Waals surface area contributed by atoms with Crippen LogP contribution in [0.1, 0.15) is 18.1 Å². The Bertz CT molecular complexity index is 781. The molecule has 0 spiro atoms. The lowest BCUT2D eigenvalue weighted by Gasteiger charge is -2.25. The van der Waals surface area contributed by atoms with E-state index in [1.54, 1.807) is 18.3 Å². The zero-order chi connectivity index (χ0) is 14.9. The first-order valence-corrected chi connectivity index (χ1v) is 6.94. The van der Waals surface area contributed by atoms with Gasteiger partial charge in [0.2, 0.25) is 0 Å². The lowest BCUT2D eigenvalue weighted by atomic mass is 9.87. The van der Waals surface area contributed by atoms with Gasteiger partial charge in [-0.25, -0.2) is 4.39 Å². The van der Waals surface area contributed by atoms with E-state index in [0.29, 0.717) is 12.0 Å². The van der Waals surface area contributed by atoms with Gasteiger partial charge in [0.1, 0.15) is 5.82 Å². The number of aromatic nitrogens is 1. The van der Waals surface area contributed by atoms with Crippen molar-refractivity contribution in [3.05, 3.63) is 77.7 Å². The van der Waals surface area contributed by atoms with E-state index in [1.165, 1.54) is 6.07 Å². The third-order valence-electron chi connectivity index (χ3n) is 3.77. The topological polar surface area (TPSA) is 38.9 Å². The molecule has 0 fully saturated rings. The first-order chi connectivity index (χ1) is 10.1. The van der Waals surface area contributed by atoms with E-state index < -0.39 is 5.54 Å². The summed E-state index contributed by atoms with van der Waals surface area (Å²) in [6.07, 6.45) is 2.21. The molecule has 2 aromatic carbocycles. The fourth-order valence-corrected chi connectivity index (χ4v) is 2.52. The van der Waals surface area contributed by atoms with Gasteiger partial charge in [0.25, 0.3) is 0 Å². The van der Waals surface area contributed by atoms with Gasteiger partial charge in [0.15, 0.2) is 0 Å². The molecule has 0 aliphatic heterocycles. The Hall–Kier alpha value is -2.26. The molecular weight excluding hydrogens is 263 g/mol. The van der Waals surface area contributed by atoms with Crippen molar-refractivity contribution < 1.29 is 4.39 Å². The quantitative estimate of drug-likeness (QED) is 0.792. The van der Waals surface area contributed by atoms with Gasteiger partial charge in [0.05, 0.1) is 5.52 Å². The van der Waals surface area contributed by atoms with E-state index >= 15 is 0 Å². The predicted octanol–water partition coefficient (Wildman–Crippen LogP) is 3.79. The fourth-order valence-electron chi connectivity index (χ4n) is 2.52. The van der Waals surface area contributed by atoms with Gasteiger partial charge in [-0.05, 0) is 42.7 Å². The molecule has 0 aliphatic carbocycles. The number of benzene rings is 2. The van der Waals surface area contributed by atoms with Crippen LogP contribution in [0.3, 0.4) is 0 Å². The molecule has 0 amide bonds. The maximum Gasteiger partial charge on any atom is 0.126 e. The van der Waals surface area contributed by atoms with E-state index in [4.69, 9.17) is 5.73 Å². The summed E-state index contributed by atoms with van der Waals surface area (Å²) in [7, 11) is 0. The fraction of sp³-hybridized carbons (Fsp3) is 0.167. The Labute approximate surface area is 123 Å². The molecule has 21 heavy (non-hydrogen) atoms. The van der Waals surface area contributed by atoms with E-state index in [2.05, 4.69) is 4.98 Å². The number of rotatable bonds is 3. The van der Waals surface area contributed by atoms with Crippen molar-refractivity contribution in [1.29, 1.82) is 0 Å². The van der Waals surface area contributed by atoms with Crippen molar-refractivity contribution in [3.8, 4) is 0 Å². The van der Waals surface area contributed by atoms with Crippen LogP contribution in [0.4, 0.5) is 4.39 Å². The normalized spacial score (nSPS) is 14.0. The number of halogens is 1. The minimum absolute atomic E-state index is 0.220. The highest BCUT2D eigenvalue weighted by molar-refractivity contribution is 5.79. The van der Waals surface area contributed by atoms with Crippen molar-refractivity contribution in [2.45, 2.75) is 18.9 Å². The van der Waals surface area contributed by atoms with Crippen molar-refractivity contribution >= 4 is 10.9 Å². The highest BCUT2D eigenvalue weighted by atomic mass is 19.1. The second-order valence-electron chi connectivity index (χ2n) is 5.60. The summed E-state index contributed by atoms with van der Waals surface area (Å²) in [5, 5.41) is 1.04. The van der Waals surface area contributed by atoms with E-state index in [0.717, 1.165) is 16.5 Å². The highest BCUT2D eigenvalue weighted by Gasteiger charge is 2.23. The smallest absolute Gasteiger partial charge is 0.126 e. The minimum Gasteiger partial charge on any atom is -0.321 e. The summed E-state index contributed by atoms with van der Waals surface area (Å²) < 4.78 is 13.8. The number of fused-ring (bicyclic) bond motifs is 1. The number of hydrogen-bond donors (Lipinski definition) is 1. The van der Waals surface area contributed by atoms with Gasteiger partial charge >= 0.3 is 0 Å². The minimum atomic E-state index is -0.667. The van der Waals surface area contributed by atoms with Crippen LogP contribution >= 0.6 is 0 Å².